The van der Waals surface area contributed by atoms with E-state index in [0.717, 1.165) is 5.56 Å². The standard InChI is InChI=1S/C22H34N4O6S2/c1-33-10-8-16(24-19(28)15(23)12-14-6-4-3-5-7-14)20(29)26-18(13-27)21(30)25-17(22(31)32)9-11-34-2/h3-7,15-18,27H,8-13,23H2,1-2H3,(H,24,28)(H,25,30)(H,26,29)(H,31,32). The molecule has 0 heterocycles. The molecule has 1 rings (SSSR count). The summed E-state index contributed by atoms with van der Waals surface area (Å²) in [5.41, 5.74) is 6.89. The van der Waals surface area contributed by atoms with Crippen LogP contribution in [0.1, 0.15) is 18.4 Å². The fourth-order valence-electron chi connectivity index (χ4n) is 2.98. The Bertz CT molecular complexity index is 799. The van der Waals surface area contributed by atoms with Gasteiger partial charge >= 0.3 is 5.97 Å². The van der Waals surface area contributed by atoms with Crippen LogP contribution < -0.4 is 21.7 Å². The molecule has 3 amide bonds. The SMILES string of the molecule is CSCCC(NC(=O)C(CO)NC(=O)C(CCSC)NC(=O)C(N)Cc1ccccc1)C(=O)O. The van der Waals surface area contributed by atoms with Gasteiger partial charge in [0.15, 0.2) is 0 Å². The minimum absolute atomic E-state index is 0.194. The van der Waals surface area contributed by atoms with Gasteiger partial charge < -0.3 is 31.9 Å². The molecule has 34 heavy (non-hydrogen) atoms. The first-order chi connectivity index (χ1) is 16.2. The molecule has 0 aliphatic heterocycles. The Hall–Kier alpha value is -2.28. The fourth-order valence-corrected chi connectivity index (χ4v) is 3.92. The lowest BCUT2D eigenvalue weighted by Gasteiger charge is -2.24. The van der Waals surface area contributed by atoms with E-state index in [4.69, 9.17) is 5.73 Å². The summed E-state index contributed by atoms with van der Waals surface area (Å²) in [6.07, 6.45) is 4.43. The molecule has 0 aliphatic rings. The monoisotopic (exact) mass is 514 g/mol. The highest BCUT2D eigenvalue weighted by molar-refractivity contribution is 7.98. The van der Waals surface area contributed by atoms with E-state index in [0.29, 0.717) is 11.5 Å². The minimum atomic E-state index is -1.37. The van der Waals surface area contributed by atoms with E-state index >= 15 is 0 Å². The zero-order valence-corrected chi connectivity index (χ0v) is 21.0. The number of carboxylic acid groups (broad SMARTS) is 1. The molecular weight excluding hydrogens is 480 g/mol. The van der Waals surface area contributed by atoms with Gasteiger partial charge in [0.25, 0.3) is 0 Å². The van der Waals surface area contributed by atoms with E-state index in [9.17, 15) is 29.4 Å². The second-order valence-electron chi connectivity index (χ2n) is 7.56. The number of benzene rings is 1. The van der Waals surface area contributed by atoms with Gasteiger partial charge in [-0.3, -0.25) is 14.4 Å². The number of carbonyl (C=O) groups is 4. The maximum atomic E-state index is 12.8. The third-order valence-corrected chi connectivity index (χ3v) is 6.21. The van der Waals surface area contributed by atoms with E-state index in [1.54, 1.807) is 0 Å². The molecular formula is C22H34N4O6S2. The normalized spacial score (nSPS) is 14.4. The Morgan fingerprint density at radius 1 is 0.853 bits per heavy atom. The Morgan fingerprint density at radius 3 is 1.88 bits per heavy atom. The van der Waals surface area contributed by atoms with E-state index in [1.807, 2.05) is 42.8 Å². The molecule has 0 saturated heterocycles. The van der Waals surface area contributed by atoms with E-state index in [2.05, 4.69) is 16.0 Å². The summed E-state index contributed by atoms with van der Waals surface area (Å²) in [5.74, 6) is -2.14. The molecule has 4 unspecified atom stereocenters. The molecule has 0 radical (unpaired) electrons. The lowest BCUT2D eigenvalue weighted by atomic mass is 10.1. The van der Waals surface area contributed by atoms with Crippen LogP contribution in [0.3, 0.4) is 0 Å². The van der Waals surface area contributed by atoms with Crippen LogP contribution in [0.2, 0.25) is 0 Å². The van der Waals surface area contributed by atoms with Crippen molar-refractivity contribution >= 4 is 47.2 Å². The lowest BCUT2D eigenvalue weighted by molar-refractivity contribution is -0.142. The van der Waals surface area contributed by atoms with Crippen LogP contribution in [0.4, 0.5) is 0 Å². The first kappa shape index (κ1) is 29.8. The van der Waals surface area contributed by atoms with Crippen molar-refractivity contribution in [3.05, 3.63) is 35.9 Å². The van der Waals surface area contributed by atoms with Gasteiger partial charge in [-0.25, -0.2) is 4.79 Å². The van der Waals surface area contributed by atoms with Crippen LogP contribution in [-0.2, 0) is 25.6 Å². The molecule has 190 valence electrons. The molecule has 0 fully saturated rings. The van der Waals surface area contributed by atoms with Crippen LogP contribution in [0, 0.1) is 0 Å². The van der Waals surface area contributed by atoms with Crippen molar-refractivity contribution in [1.29, 1.82) is 0 Å². The summed E-state index contributed by atoms with van der Waals surface area (Å²) < 4.78 is 0. The highest BCUT2D eigenvalue weighted by atomic mass is 32.2. The molecule has 12 heteroatoms. The number of carboxylic acids is 1. The first-order valence-corrected chi connectivity index (χ1v) is 13.5. The van der Waals surface area contributed by atoms with Gasteiger partial charge in [-0.15, -0.1) is 0 Å². The zero-order valence-electron chi connectivity index (χ0n) is 19.4. The predicted octanol–water partition coefficient (Wildman–Crippen LogP) is -0.406. The topological polar surface area (TPSA) is 171 Å². The number of amides is 3. The van der Waals surface area contributed by atoms with Gasteiger partial charge in [0.1, 0.15) is 18.1 Å². The lowest BCUT2D eigenvalue weighted by Crippen LogP contribution is -2.58. The van der Waals surface area contributed by atoms with Gasteiger partial charge in [0.05, 0.1) is 12.6 Å². The number of hydrogen-bond donors (Lipinski definition) is 6. The summed E-state index contributed by atoms with van der Waals surface area (Å²) in [6.45, 7) is -0.733. The van der Waals surface area contributed by atoms with E-state index in [-0.39, 0.29) is 19.3 Å². The number of nitrogens with one attached hydrogen (secondary N) is 3. The van der Waals surface area contributed by atoms with Gasteiger partial charge in [0.2, 0.25) is 17.7 Å². The van der Waals surface area contributed by atoms with Crippen molar-refractivity contribution in [3.63, 3.8) is 0 Å². The number of aliphatic carboxylic acids is 1. The number of rotatable bonds is 16. The maximum Gasteiger partial charge on any atom is 0.326 e. The van der Waals surface area contributed by atoms with Crippen LogP contribution >= 0.6 is 23.5 Å². The number of carbonyl (C=O) groups excluding carboxylic acids is 3. The molecule has 0 saturated carbocycles. The largest absolute Gasteiger partial charge is 0.480 e. The Labute approximate surface area is 208 Å². The summed E-state index contributed by atoms with van der Waals surface area (Å²) >= 11 is 2.91. The van der Waals surface area contributed by atoms with Gasteiger partial charge in [-0.1, -0.05) is 30.3 Å². The summed E-state index contributed by atoms with van der Waals surface area (Å²) in [5, 5.41) is 26.3. The van der Waals surface area contributed by atoms with Crippen molar-refractivity contribution < 1.29 is 29.4 Å². The highest BCUT2D eigenvalue weighted by Gasteiger charge is 2.29. The Morgan fingerprint density at radius 2 is 1.35 bits per heavy atom. The molecule has 0 aliphatic carbocycles. The third-order valence-electron chi connectivity index (χ3n) is 4.92. The van der Waals surface area contributed by atoms with Crippen molar-refractivity contribution in [1.82, 2.24) is 16.0 Å². The number of aliphatic hydroxyl groups is 1. The molecule has 1 aromatic rings. The van der Waals surface area contributed by atoms with Crippen molar-refractivity contribution in [2.24, 2.45) is 5.73 Å². The second kappa shape index (κ2) is 16.4. The van der Waals surface area contributed by atoms with Gasteiger partial charge in [-0.2, -0.15) is 23.5 Å². The summed E-state index contributed by atoms with van der Waals surface area (Å²) in [6, 6.07) is 4.86. The number of thioether (sulfide) groups is 2. The van der Waals surface area contributed by atoms with Gasteiger partial charge in [0, 0.05) is 0 Å². The number of nitrogens with two attached hydrogens (primary N) is 1. The Kier molecular flexibility index (Phi) is 14.3. The molecule has 1 aromatic carbocycles. The Balaban J connectivity index is 2.79. The van der Waals surface area contributed by atoms with Crippen LogP contribution in [-0.4, -0.2) is 88.7 Å². The third kappa shape index (κ3) is 10.8. The van der Waals surface area contributed by atoms with Crippen LogP contribution in [0.25, 0.3) is 0 Å². The number of hydrogen-bond acceptors (Lipinski definition) is 8. The first-order valence-electron chi connectivity index (χ1n) is 10.8. The maximum absolute atomic E-state index is 12.8. The zero-order chi connectivity index (χ0) is 25.5. The van der Waals surface area contributed by atoms with Crippen molar-refractivity contribution in [2.45, 2.75) is 43.4 Å². The average Bonchev–Trinajstić information content (AvgIpc) is 2.82. The van der Waals surface area contributed by atoms with Crippen LogP contribution in [0.15, 0.2) is 30.3 Å². The highest BCUT2D eigenvalue weighted by Crippen LogP contribution is 2.06. The molecule has 0 spiro atoms. The second-order valence-corrected chi connectivity index (χ2v) is 9.53. The van der Waals surface area contributed by atoms with E-state index in [1.165, 1.54) is 23.5 Å². The smallest absolute Gasteiger partial charge is 0.326 e. The molecule has 0 aromatic heterocycles. The van der Waals surface area contributed by atoms with Crippen molar-refractivity contribution in [2.75, 3.05) is 30.6 Å². The average molecular weight is 515 g/mol. The molecule has 0 bridgehead atoms. The minimum Gasteiger partial charge on any atom is -0.480 e. The number of aliphatic hydroxyl groups excluding tert-OH is 1. The van der Waals surface area contributed by atoms with Gasteiger partial charge in [-0.05, 0) is 48.8 Å². The predicted molar refractivity (Wildman–Crippen MR) is 135 cm³/mol. The quantitative estimate of drug-likeness (QED) is 0.172. The molecule has 4 atom stereocenters. The van der Waals surface area contributed by atoms with Crippen molar-refractivity contribution in [3.8, 4) is 0 Å². The molecule has 7 N–H and O–H groups in total. The fraction of sp³-hybridized carbons (Fsp3) is 0.545. The summed E-state index contributed by atoms with van der Waals surface area (Å²) in [7, 11) is 0. The van der Waals surface area contributed by atoms with Crippen LogP contribution in [0.5, 0.6) is 0 Å². The molecule has 10 nitrogen and oxygen atoms in total. The van der Waals surface area contributed by atoms with E-state index < -0.39 is 54.5 Å². The summed E-state index contributed by atoms with van der Waals surface area (Å²) in [4.78, 5) is 49.3.